The van der Waals surface area contributed by atoms with Crippen LogP contribution >= 0.6 is 0 Å². The largest absolute Gasteiger partial charge is 0.478 e. The van der Waals surface area contributed by atoms with E-state index in [-0.39, 0.29) is 5.91 Å². The molecule has 2 N–H and O–H groups in total. The van der Waals surface area contributed by atoms with Gasteiger partial charge in [0.25, 0.3) is 5.91 Å². The monoisotopic (exact) mass is 286 g/mol. The van der Waals surface area contributed by atoms with Crippen molar-refractivity contribution in [3.05, 3.63) is 59.0 Å². The maximum atomic E-state index is 11.9. The van der Waals surface area contributed by atoms with Gasteiger partial charge >= 0.3 is 5.97 Å². The van der Waals surface area contributed by atoms with E-state index in [1.54, 1.807) is 19.1 Å². The van der Waals surface area contributed by atoms with Crippen LogP contribution in [0.15, 0.2) is 41.1 Å². The van der Waals surface area contributed by atoms with Gasteiger partial charge in [-0.25, -0.2) is 4.79 Å². The lowest BCUT2D eigenvalue weighted by molar-refractivity contribution is -0.131. The van der Waals surface area contributed by atoms with Gasteiger partial charge in [-0.2, -0.15) is 0 Å². The second-order valence-electron chi connectivity index (χ2n) is 4.39. The Kier molecular flexibility index (Phi) is 4.50. The minimum absolute atomic E-state index is 0.247. The standard InChI is InChI=1S/C15H14N2O4/c1-10-13(9-17-21-10)15(20)16-8-12-4-2-11(3-5-12)6-7-14(18)19/h2-7,9H,8H2,1H3,(H,16,20)(H,18,19). The number of rotatable bonds is 5. The summed E-state index contributed by atoms with van der Waals surface area (Å²) in [5, 5.41) is 14.9. The van der Waals surface area contributed by atoms with Crippen molar-refractivity contribution < 1.29 is 19.2 Å². The first-order valence-corrected chi connectivity index (χ1v) is 6.25. The van der Waals surface area contributed by atoms with E-state index in [9.17, 15) is 9.59 Å². The highest BCUT2D eigenvalue weighted by molar-refractivity contribution is 5.94. The van der Waals surface area contributed by atoms with Crippen molar-refractivity contribution >= 4 is 18.0 Å². The Morgan fingerprint density at radius 3 is 2.62 bits per heavy atom. The smallest absolute Gasteiger partial charge is 0.328 e. The average molecular weight is 286 g/mol. The normalized spacial score (nSPS) is 10.7. The number of aromatic nitrogens is 1. The Bertz CT molecular complexity index is 671. The van der Waals surface area contributed by atoms with Gasteiger partial charge < -0.3 is 14.9 Å². The average Bonchev–Trinajstić information content (AvgIpc) is 2.90. The molecule has 6 heteroatoms. The van der Waals surface area contributed by atoms with Gasteiger partial charge in [0.1, 0.15) is 11.3 Å². The van der Waals surface area contributed by atoms with Crippen LogP contribution in [0.2, 0.25) is 0 Å². The Labute approximate surface area is 121 Å². The molecule has 0 bridgehead atoms. The topological polar surface area (TPSA) is 92.4 Å². The number of amides is 1. The number of nitrogens with one attached hydrogen (secondary N) is 1. The van der Waals surface area contributed by atoms with E-state index >= 15 is 0 Å². The maximum Gasteiger partial charge on any atom is 0.328 e. The first-order valence-electron chi connectivity index (χ1n) is 6.25. The van der Waals surface area contributed by atoms with Gasteiger partial charge in [-0.3, -0.25) is 4.79 Å². The molecule has 0 aliphatic carbocycles. The number of hydrogen-bond acceptors (Lipinski definition) is 4. The molecule has 0 saturated carbocycles. The Morgan fingerprint density at radius 1 is 1.33 bits per heavy atom. The molecule has 0 aliphatic heterocycles. The maximum absolute atomic E-state index is 11.9. The molecule has 0 aliphatic rings. The third kappa shape index (κ3) is 4.04. The molecule has 0 spiro atoms. The van der Waals surface area contributed by atoms with Crippen molar-refractivity contribution in [2.24, 2.45) is 0 Å². The zero-order chi connectivity index (χ0) is 15.2. The minimum atomic E-state index is -0.990. The molecule has 0 fully saturated rings. The summed E-state index contributed by atoms with van der Waals surface area (Å²) in [6, 6.07) is 7.21. The zero-order valence-corrected chi connectivity index (χ0v) is 11.4. The van der Waals surface area contributed by atoms with Crippen LogP contribution in [0, 0.1) is 6.92 Å². The summed E-state index contributed by atoms with van der Waals surface area (Å²) in [6.45, 7) is 2.04. The second kappa shape index (κ2) is 6.51. The SMILES string of the molecule is Cc1oncc1C(=O)NCc1ccc(C=CC(=O)O)cc1. The summed E-state index contributed by atoms with van der Waals surface area (Å²) < 4.78 is 4.83. The fraction of sp³-hybridized carbons (Fsp3) is 0.133. The van der Waals surface area contributed by atoms with Crippen LogP contribution in [0.3, 0.4) is 0 Å². The molecule has 0 atom stereocenters. The molecular formula is C15H14N2O4. The first kappa shape index (κ1) is 14.5. The summed E-state index contributed by atoms with van der Waals surface area (Å²) in [7, 11) is 0. The molecule has 1 aromatic carbocycles. The number of carboxylic acids is 1. The van der Waals surface area contributed by atoms with Gasteiger partial charge in [0, 0.05) is 12.6 Å². The Morgan fingerprint density at radius 2 is 2.05 bits per heavy atom. The van der Waals surface area contributed by atoms with E-state index in [1.807, 2.05) is 12.1 Å². The molecule has 1 amide bonds. The molecule has 21 heavy (non-hydrogen) atoms. The van der Waals surface area contributed by atoms with Crippen molar-refractivity contribution in [1.82, 2.24) is 10.5 Å². The lowest BCUT2D eigenvalue weighted by Crippen LogP contribution is -2.22. The Hall–Kier alpha value is -2.89. The van der Waals surface area contributed by atoms with Gasteiger partial charge in [0.05, 0.1) is 6.20 Å². The van der Waals surface area contributed by atoms with Crippen molar-refractivity contribution in [1.29, 1.82) is 0 Å². The van der Waals surface area contributed by atoms with Gasteiger partial charge in [-0.05, 0) is 24.1 Å². The summed E-state index contributed by atoms with van der Waals surface area (Å²) in [5.41, 5.74) is 2.10. The highest BCUT2D eigenvalue weighted by Gasteiger charge is 2.11. The third-order valence-corrected chi connectivity index (χ3v) is 2.85. The molecule has 0 radical (unpaired) electrons. The fourth-order valence-electron chi connectivity index (χ4n) is 1.71. The summed E-state index contributed by atoms with van der Waals surface area (Å²) in [4.78, 5) is 22.3. The van der Waals surface area contributed by atoms with Crippen LogP contribution in [0.5, 0.6) is 0 Å². The molecule has 6 nitrogen and oxygen atoms in total. The molecule has 2 rings (SSSR count). The lowest BCUT2D eigenvalue weighted by Gasteiger charge is -2.04. The number of carboxylic acid groups (broad SMARTS) is 1. The van der Waals surface area contributed by atoms with Crippen LogP contribution in [0.25, 0.3) is 6.08 Å². The van der Waals surface area contributed by atoms with Crippen molar-refractivity contribution in [3.63, 3.8) is 0 Å². The molecule has 2 aromatic rings. The van der Waals surface area contributed by atoms with Crippen LogP contribution in [0.1, 0.15) is 27.2 Å². The predicted molar refractivity (Wildman–Crippen MR) is 75.5 cm³/mol. The highest BCUT2D eigenvalue weighted by atomic mass is 16.5. The highest BCUT2D eigenvalue weighted by Crippen LogP contribution is 2.08. The number of benzene rings is 1. The predicted octanol–water partition coefficient (Wildman–Crippen LogP) is 2.01. The quantitative estimate of drug-likeness (QED) is 0.820. The molecule has 1 aromatic heterocycles. The van der Waals surface area contributed by atoms with Gasteiger partial charge in [0.2, 0.25) is 0 Å². The molecule has 0 unspecified atom stereocenters. The lowest BCUT2D eigenvalue weighted by atomic mass is 10.1. The van der Waals surface area contributed by atoms with E-state index in [1.165, 1.54) is 12.3 Å². The van der Waals surface area contributed by atoms with Crippen LogP contribution in [-0.4, -0.2) is 22.1 Å². The number of nitrogens with zero attached hydrogens (tertiary/aromatic N) is 1. The molecular weight excluding hydrogens is 272 g/mol. The van der Waals surface area contributed by atoms with Crippen LogP contribution in [-0.2, 0) is 11.3 Å². The Balaban J connectivity index is 1.93. The first-order chi connectivity index (χ1) is 10.1. The summed E-state index contributed by atoms with van der Waals surface area (Å²) in [6.07, 6.45) is 3.96. The number of carbonyl (C=O) groups excluding carboxylic acids is 1. The number of hydrogen-bond donors (Lipinski definition) is 2. The van der Waals surface area contributed by atoms with Gasteiger partial charge in [-0.15, -0.1) is 0 Å². The van der Waals surface area contributed by atoms with Crippen LogP contribution in [0.4, 0.5) is 0 Å². The van der Waals surface area contributed by atoms with E-state index in [0.29, 0.717) is 17.9 Å². The van der Waals surface area contributed by atoms with Crippen LogP contribution < -0.4 is 5.32 Å². The van der Waals surface area contributed by atoms with Crippen molar-refractivity contribution in [2.75, 3.05) is 0 Å². The second-order valence-corrected chi connectivity index (χ2v) is 4.39. The number of aliphatic carboxylic acids is 1. The minimum Gasteiger partial charge on any atom is -0.478 e. The number of aryl methyl sites for hydroxylation is 1. The van der Waals surface area contributed by atoms with Crippen molar-refractivity contribution in [3.8, 4) is 0 Å². The summed E-state index contributed by atoms with van der Waals surface area (Å²) in [5.74, 6) is -0.763. The molecule has 108 valence electrons. The number of carbonyl (C=O) groups is 2. The van der Waals surface area contributed by atoms with E-state index in [2.05, 4.69) is 10.5 Å². The van der Waals surface area contributed by atoms with E-state index in [0.717, 1.165) is 17.2 Å². The molecule has 0 saturated heterocycles. The summed E-state index contributed by atoms with van der Waals surface area (Å²) >= 11 is 0. The van der Waals surface area contributed by atoms with Gasteiger partial charge in [-0.1, -0.05) is 29.4 Å². The van der Waals surface area contributed by atoms with Gasteiger partial charge in [0.15, 0.2) is 0 Å². The zero-order valence-electron chi connectivity index (χ0n) is 11.4. The van der Waals surface area contributed by atoms with E-state index in [4.69, 9.17) is 9.63 Å². The van der Waals surface area contributed by atoms with E-state index < -0.39 is 5.97 Å². The van der Waals surface area contributed by atoms with Crippen molar-refractivity contribution in [2.45, 2.75) is 13.5 Å². The third-order valence-electron chi connectivity index (χ3n) is 2.85. The fourth-order valence-corrected chi connectivity index (χ4v) is 1.71. The molecule has 1 heterocycles.